The number of nitrogens with zero attached hydrogens (tertiary/aromatic N) is 4. The molecule has 25 heteroatoms. The topological polar surface area (TPSA) is 294 Å². The van der Waals surface area contributed by atoms with Gasteiger partial charge in [0.05, 0.1) is 85.9 Å². The van der Waals surface area contributed by atoms with Gasteiger partial charge in [-0.25, -0.2) is 9.59 Å². The smallest absolute Gasteiger partial charge is 0.350 e. The summed E-state index contributed by atoms with van der Waals surface area (Å²) in [6, 6.07) is 77.9. The Balaban J connectivity index is 0.000000231. The number of hydrogen-bond donors (Lipinski definition) is 3. The number of nitrogens with two attached hydrogens (primary N) is 2. The Kier molecular flexibility index (Phi) is 39.1. The molecule has 0 bridgehead atoms. The quantitative estimate of drug-likeness (QED) is 0.0126. The average Bonchev–Trinajstić information content (AvgIpc) is 0.754. The summed E-state index contributed by atoms with van der Waals surface area (Å²) in [5.41, 5.74) is 26.1. The van der Waals surface area contributed by atoms with E-state index in [9.17, 15) is 22.8 Å². The van der Waals surface area contributed by atoms with E-state index in [2.05, 4.69) is 161 Å². The number of nitrogen functional groups attached to an aromatic ring is 2. The number of anilines is 3. The van der Waals surface area contributed by atoms with Crippen molar-refractivity contribution >= 4 is 97.4 Å². The van der Waals surface area contributed by atoms with Crippen molar-refractivity contribution in [3.63, 3.8) is 0 Å². The van der Waals surface area contributed by atoms with Crippen LogP contribution in [-0.2, 0) is 32.5 Å². The Morgan fingerprint density at radius 3 is 1.26 bits per heavy atom. The molecule has 12 rings (SSSR count). The standard InChI is InChI=1S/C26H26N2O3.C25H27NO3.C18H21NO3.C9H11Br.C9H10N2O2.C7H7Br.CClNO3S/c1-17(2)19-10-12-20(13-11-19)25-21-14-23(30-3)24(31-4)15-22(21)28(26(29)27-25)16-18-8-6-5-7-9-18;1-17(2)19-10-12-20(13-11-19)25(27)21-14-23(28-3)24(29-4)15-22(21)26-16-18-8-6-5-7-9-18;1-11(2)12-5-7-13(8-6-12)18(20)14-9-16(21-3)17(22-4)10-15(14)19;1-7(2)8-3-5-9(10)6-4-8;1-12-8-3-6(5-10)7(11)4-9(8)13-2;8-6-7-4-2-1-3-5-7;2-7(5,6)3-1-4/h5-15,17H,16H2,1-4H3;5-15,17,26H,16H2,1-4H3;5-11H,19H2,1-4H3;3-7H,1-2H3;3-4H,11H2,1-2H3;1-5H,6H2;. The number of ether oxygens (including phenoxy) is 8. The van der Waals surface area contributed by atoms with Crippen LogP contribution in [0.4, 0.5) is 17.1 Å². The van der Waals surface area contributed by atoms with Crippen LogP contribution < -0.4 is 60.4 Å². The number of benzene rings is 11. The number of alkyl halides is 1. The molecule has 0 saturated carbocycles. The average molecular weight is 1790 g/mol. The summed E-state index contributed by atoms with van der Waals surface area (Å²) in [7, 11) is 12.8. The third kappa shape index (κ3) is 28.8. The molecule has 0 aliphatic heterocycles. The maximum absolute atomic E-state index is 13.3. The first-order valence-corrected chi connectivity index (χ1v) is 42.1. The molecule has 0 aliphatic carbocycles. The van der Waals surface area contributed by atoms with Gasteiger partial charge in [-0.1, -0.05) is 268 Å². The fourth-order valence-corrected chi connectivity index (χ4v) is 12.5. The van der Waals surface area contributed by atoms with Gasteiger partial charge in [0.1, 0.15) is 6.07 Å². The lowest BCUT2D eigenvalue weighted by atomic mass is 9.97. The SMILES string of the molecule is BrCc1ccccc1.CC(C)c1ccc(Br)cc1.COc1cc(N)c(C#N)cc1OC.COc1cc(N)c(C(=O)c2ccc(C(C)C)cc2)cc1OC.COc1cc(NCc2ccccc2)c(C(=O)c2ccc(C(C)C)cc2)cc1OC.COc1cc2c(-c3ccc(C(C)C)cc3)nc(=O)n(Cc3ccccc3)c2cc1OC.O=C=NS(=O)(=O)Cl. The number of isocyanates is 1. The zero-order valence-electron chi connectivity index (χ0n) is 70.1. The lowest BCUT2D eigenvalue weighted by Gasteiger charge is -2.16. The lowest BCUT2D eigenvalue weighted by molar-refractivity contribution is 0.103. The molecular weight excluding hydrogens is 1690 g/mol. The number of nitriles is 1. The first-order chi connectivity index (χ1) is 57.4. The van der Waals surface area contributed by atoms with Gasteiger partial charge in [0, 0.05) is 102 Å². The van der Waals surface area contributed by atoms with Gasteiger partial charge in [0.15, 0.2) is 57.6 Å². The van der Waals surface area contributed by atoms with Crippen LogP contribution in [0.1, 0.15) is 155 Å². The highest BCUT2D eigenvalue weighted by Gasteiger charge is 2.22. The normalized spacial score (nSPS) is 10.4. The molecule has 5 N–H and O–H groups in total. The number of hydrogen-bond acceptors (Lipinski definition) is 19. The van der Waals surface area contributed by atoms with Crippen molar-refractivity contribution < 1.29 is 60.7 Å². The predicted molar refractivity (Wildman–Crippen MR) is 488 cm³/mol. The van der Waals surface area contributed by atoms with E-state index < -0.39 is 9.24 Å². The third-order valence-electron chi connectivity index (χ3n) is 18.5. The maximum atomic E-state index is 13.3. The summed E-state index contributed by atoms with van der Waals surface area (Å²) in [5.74, 6) is 6.03. The highest BCUT2D eigenvalue weighted by Crippen LogP contribution is 2.39. The van der Waals surface area contributed by atoms with Crippen LogP contribution >= 0.6 is 42.5 Å². The van der Waals surface area contributed by atoms with E-state index in [1.54, 1.807) is 63.3 Å². The summed E-state index contributed by atoms with van der Waals surface area (Å²) in [6.45, 7) is 18.2. The van der Waals surface area contributed by atoms with Gasteiger partial charge in [-0.2, -0.15) is 18.7 Å². The van der Waals surface area contributed by atoms with Crippen molar-refractivity contribution in [2.75, 3.05) is 73.7 Å². The largest absolute Gasteiger partial charge is 0.493 e. The highest BCUT2D eigenvalue weighted by molar-refractivity contribution is 9.10. The Bertz CT molecular complexity index is 5580. The number of fused-ring (bicyclic) bond motifs is 1. The van der Waals surface area contributed by atoms with E-state index in [1.165, 1.54) is 56.3 Å². The summed E-state index contributed by atoms with van der Waals surface area (Å²) in [6.07, 6.45) is 0.763. The lowest BCUT2D eigenvalue weighted by Crippen LogP contribution is -2.24. The van der Waals surface area contributed by atoms with Gasteiger partial charge in [-0.15, -0.1) is 0 Å². The number of carbonyl (C=O) groups is 2. The third-order valence-corrected chi connectivity index (χ3v) is 20.1. The molecule has 0 saturated heterocycles. The summed E-state index contributed by atoms with van der Waals surface area (Å²) in [5, 5.41) is 13.8. The molecule has 1 aromatic heterocycles. The molecule has 12 aromatic rings. The maximum Gasteiger partial charge on any atom is 0.350 e. The highest BCUT2D eigenvalue weighted by atomic mass is 79.9. The minimum atomic E-state index is -4.00. The fourth-order valence-electron chi connectivity index (χ4n) is 11.7. The van der Waals surface area contributed by atoms with Crippen molar-refractivity contribution in [1.29, 1.82) is 5.26 Å². The van der Waals surface area contributed by atoms with Crippen LogP contribution in [-0.4, -0.2) is 92.5 Å². The van der Waals surface area contributed by atoms with Crippen molar-refractivity contribution in [1.82, 2.24) is 9.55 Å². The Morgan fingerprint density at radius 1 is 0.492 bits per heavy atom. The number of carbonyl (C=O) groups excluding carboxylic acids is 3. The number of ketones is 2. The number of methoxy groups -OCH3 is 8. The molecule has 0 radical (unpaired) electrons. The first-order valence-electron chi connectivity index (χ1n) is 37.9. The molecule has 11 aromatic carbocycles. The number of nitrogens with one attached hydrogen (secondary N) is 1. The zero-order chi connectivity index (χ0) is 88.2. The summed E-state index contributed by atoms with van der Waals surface area (Å²) < 4.78 is 66.5. The molecule has 21 nitrogen and oxygen atoms in total. The van der Waals surface area contributed by atoms with E-state index in [-0.39, 0.29) is 17.3 Å². The molecule has 0 unspecified atom stereocenters. The second kappa shape index (κ2) is 48.6. The molecule has 0 amide bonds. The molecule has 0 spiro atoms. The van der Waals surface area contributed by atoms with Crippen molar-refractivity contribution in [3.05, 3.63) is 318 Å². The molecule has 0 fully saturated rings. The van der Waals surface area contributed by atoms with E-state index in [1.807, 2.05) is 164 Å². The Hall–Kier alpha value is -12.2. The summed E-state index contributed by atoms with van der Waals surface area (Å²) >= 11 is 6.75. The first kappa shape index (κ1) is 96.6. The van der Waals surface area contributed by atoms with Gasteiger partial charge in [-0.05, 0) is 92.9 Å². The van der Waals surface area contributed by atoms with Crippen LogP contribution in [0.25, 0.3) is 22.2 Å². The Morgan fingerprint density at radius 2 is 0.858 bits per heavy atom. The van der Waals surface area contributed by atoms with Crippen LogP contribution in [0.15, 0.2) is 250 Å². The van der Waals surface area contributed by atoms with Gasteiger partial charge >= 0.3 is 14.9 Å². The van der Waals surface area contributed by atoms with Crippen LogP contribution in [0.3, 0.4) is 0 Å². The van der Waals surface area contributed by atoms with Crippen molar-refractivity contribution in [2.24, 2.45) is 4.40 Å². The van der Waals surface area contributed by atoms with E-state index in [0.29, 0.717) is 133 Å². The molecule has 120 heavy (non-hydrogen) atoms. The van der Waals surface area contributed by atoms with Gasteiger partial charge in [0.2, 0.25) is 0 Å². The minimum absolute atomic E-state index is 0.0585. The molecular formula is C95H102Br2ClN7O14S. The van der Waals surface area contributed by atoms with Gasteiger partial charge in [0.25, 0.3) is 6.08 Å². The van der Waals surface area contributed by atoms with E-state index >= 15 is 0 Å². The molecule has 0 aliphatic rings. The number of aromatic nitrogens is 2. The van der Waals surface area contributed by atoms with E-state index in [4.69, 9.17) is 59.4 Å². The molecule has 1 heterocycles. The minimum Gasteiger partial charge on any atom is -0.493 e. The summed E-state index contributed by atoms with van der Waals surface area (Å²) in [4.78, 5) is 52.6. The monoisotopic (exact) mass is 1790 g/mol. The van der Waals surface area contributed by atoms with Crippen LogP contribution in [0.5, 0.6) is 46.0 Å². The molecule has 628 valence electrons. The van der Waals surface area contributed by atoms with E-state index in [0.717, 1.165) is 43.5 Å². The van der Waals surface area contributed by atoms with Gasteiger partial charge < -0.3 is 54.7 Å². The Labute approximate surface area is 725 Å². The number of rotatable bonds is 24. The second-order valence-electron chi connectivity index (χ2n) is 27.7. The van der Waals surface area contributed by atoms with Crippen molar-refractivity contribution in [3.8, 4) is 63.3 Å². The number of halogens is 3. The van der Waals surface area contributed by atoms with Crippen LogP contribution in [0, 0.1) is 11.3 Å². The van der Waals surface area contributed by atoms with Crippen molar-refractivity contribution in [2.45, 2.75) is 97.5 Å². The zero-order valence-corrected chi connectivity index (χ0v) is 74.9. The fraction of sp³-hybridized carbons (Fsp3) is 0.242. The predicted octanol–water partition coefficient (Wildman–Crippen LogP) is 21.7. The second-order valence-corrected chi connectivity index (χ2v) is 31.4. The van der Waals surface area contributed by atoms with Gasteiger partial charge in [-0.3, -0.25) is 14.2 Å². The molecule has 0 atom stereocenters. The van der Waals surface area contributed by atoms with Crippen LogP contribution in [0.2, 0.25) is 0 Å².